The second kappa shape index (κ2) is 6.70. The lowest BCUT2D eigenvalue weighted by Crippen LogP contribution is -2.18. The maximum absolute atomic E-state index is 4.57. The van der Waals surface area contributed by atoms with E-state index in [0.29, 0.717) is 11.9 Å². The minimum absolute atomic E-state index is 0.276. The van der Waals surface area contributed by atoms with Crippen LogP contribution in [0.3, 0.4) is 0 Å². The lowest BCUT2D eigenvalue weighted by Gasteiger charge is -2.23. The van der Waals surface area contributed by atoms with E-state index in [4.69, 9.17) is 0 Å². The third-order valence-corrected chi connectivity index (χ3v) is 4.07. The Kier molecular flexibility index (Phi) is 4.95. The van der Waals surface area contributed by atoms with Gasteiger partial charge in [0.1, 0.15) is 5.82 Å². The molecule has 0 saturated heterocycles. The molecule has 0 bridgehead atoms. The van der Waals surface area contributed by atoms with Gasteiger partial charge in [-0.25, -0.2) is 4.98 Å². The van der Waals surface area contributed by atoms with Crippen LogP contribution >= 0.6 is 11.3 Å². The molecule has 0 spiro atoms. The summed E-state index contributed by atoms with van der Waals surface area (Å²) in [5.41, 5.74) is 1.06. The van der Waals surface area contributed by atoms with Gasteiger partial charge in [0.05, 0.1) is 6.04 Å². The Morgan fingerprint density at radius 1 is 1.35 bits per heavy atom. The van der Waals surface area contributed by atoms with Gasteiger partial charge in [-0.3, -0.25) is 0 Å². The molecular weight excluding hydrogens is 268 g/mol. The fourth-order valence-electron chi connectivity index (χ4n) is 2.01. The van der Waals surface area contributed by atoms with Gasteiger partial charge in [0.25, 0.3) is 0 Å². The quantitative estimate of drug-likeness (QED) is 0.841. The highest BCUT2D eigenvalue weighted by Crippen LogP contribution is 2.30. The van der Waals surface area contributed by atoms with E-state index in [0.717, 1.165) is 17.9 Å². The standard InChI is InChI=1S/C15H22N4S/c1-5-16-15-17-9-11(4)14(19-15)18-13(10(2)3)12-7-6-8-20-12/h6-10,13H,5H2,1-4H3,(H2,16,17,18,19). The molecule has 0 aliphatic heterocycles. The highest BCUT2D eigenvalue weighted by Gasteiger charge is 2.18. The van der Waals surface area contributed by atoms with Crippen LogP contribution in [0.25, 0.3) is 0 Å². The van der Waals surface area contributed by atoms with Crippen LogP contribution in [-0.4, -0.2) is 16.5 Å². The third-order valence-electron chi connectivity index (χ3n) is 3.12. The van der Waals surface area contributed by atoms with Crippen LogP contribution in [0.15, 0.2) is 23.7 Å². The summed E-state index contributed by atoms with van der Waals surface area (Å²) in [4.78, 5) is 10.2. The Bertz CT molecular complexity index is 537. The number of nitrogens with zero attached hydrogens (tertiary/aromatic N) is 2. The smallest absolute Gasteiger partial charge is 0.224 e. The molecule has 1 atom stereocenters. The molecule has 5 heteroatoms. The van der Waals surface area contributed by atoms with Crippen molar-refractivity contribution in [3.8, 4) is 0 Å². The van der Waals surface area contributed by atoms with Crippen LogP contribution in [0.2, 0.25) is 0 Å². The Morgan fingerprint density at radius 2 is 2.15 bits per heavy atom. The van der Waals surface area contributed by atoms with E-state index in [1.165, 1.54) is 4.88 Å². The largest absolute Gasteiger partial charge is 0.362 e. The molecule has 0 radical (unpaired) electrons. The second-order valence-corrected chi connectivity index (χ2v) is 6.12. The van der Waals surface area contributed by atoms with Crippen molar-refractivity contribution in [1.29, 1.82) is 0 Å². The van der Waals surface area contributed by atoms with Crippen LogP contribution < -0.4 is 10.6 Å². The highest BCUT2D eigenvalue weighted by molar-refractivity contribution is 7.10. The number of rotatable bonds is 6. The Balaban J connectivity index is 2.24. The molecule has 2 rings (SSSR count). The zero-order valence-electron chi connectivity index (χ0n) is 12.5. The Labute approximate surface area is 124 Å². The van der Waals surface area contributed by atoms with E-state index in [2.05, 4.69) is 52.0 Å². The SMILES string of the molecule is CCNc1ncc(C)c(NC(c2cccs2)C(C)C)n1. The van der Waals surface area contributed by atoms with E-state index in [1.807, 2.05) is 20.0 Å². The third kappa shape index (κ3) is 3.48. The van der Waals surface area contributed by atoms with Gasteiger partial charge >= 0.3 is 0 Å². The van der Waals surface area contributed by atoms with Gasteiger partial charge in [0.15, 0.2) is 0 Å². The first-order valence-electron chi connectivity index (χ1n) is 6.99. The van der Waals surface area contributed by atoms with Crippen molar-refractivity contribution in [3.63, 3.8) is 0 Å². The summed E-state index contributed by atoms with van der Waals surface area (Å²) < 4.78 is 0. The molecule has 0 aliphatic carbocycles. The molecule has 0 aromatic carbocycles. The molecule has 108 valence electrons. The number of aryl methyl sites for hydroxylation is 1. The number of anilines is 2. The first-order valence-corrected chi connectivity index (χ1v) is 7.87. The summed E-state index contributed by atoms with van der Waals surface area (Å²) in [5.74, 6) is 2.07. The van der Waals surface area contributed by atoms with Gasteiger partial charge in [-0.2, -0.15) is 4.98 Å². The van der Waals surface area contributed by atoms with Crippen molar-refractivity contribution in [1.82, 2.24) is 9.97 Å². The van der Waals surface area contributed by atoms with Gasteiger partial charge in [-0.05, 0) is 31.2 Å². The lowest BCUT2D eigenvalue weighted by atomic mass is 10.0. The fraction of sp³-hybridized carbons (Fsp3) is 0.467. The fourth-order valence-corrected chi connectivity index (χ4v) is 2.96. The van der Waals surface area contributed by atoms with Crippen molar-refractivity contribution in [2.24, 2.45) is 5.92 Å². The predicted molar refractivity (Wildman–Crippen MR) is 86.5 cm³/mol. The molecule has 0 amide bonds. The molecule has 0 aliphatic rings. The molecule has 2 heterocycles. The number of hydrogen-bond acceptors (Lipinski definition) is 5. The number of thiophene rings is 1. The molecule has 0 saturated carbocycles. The molecular formula is C15H22N4S. The zero-order chi connectivity index (χ0) is 14.5. The maximum Gasteiger partial charge on any atom is 0.224 e. The average molecular weight is 290 g/mol. The highest BCUT2D eigenvalue weighted by atomic mass is 32.1. The van der Waals surface area contributed by atoms with E-state index in [9.17, 15) is 0 Å². The summed E-state index contributed by atoms with van der Waals surface area (Å²) in [7, 11) is 0. The molecule has 2 N–H and O–H groups in total. The van der Waals surface area contributed by atoms with Crippen molar-refractivity contribution in [3.05, 3.63) is 34.2 Å². The van der Waals surface area contributed by atoms with Gasteiger partial charge in [0.2, 0.25) is 5.95 Å². The summed E-state index contributed by atoms with van der Waals surface area (Å²) in [5, 5.41) is 8.83. The van der Waals surface area contributed by atoms with E-state index < -0.39 is 0 Å². The lowest BCUT2D eigenvalue weighted by molar-refractivity contribution is 0.551. The van der Waals surface area contributed by atoms with Crippen molar-refractivity contribution in [2.45, 2.75) is 33.7 Å². The number of aromatic nitrogens is 2. The minimum Gasteiger partial charge on any atom is -0.362 e. The van der Waals surface area contributed by atoms with Crippen LogP contribution in [0.5, 0.6) is 0 Å². The van der Waals surface area contributed by atoms with Crippen molar-refractivity contribution >= 4 is 23.1 Å². The van der Waals surface area contributed by atoms with Gasteiger partial charge in [0, 0.05) is 23.2 Å². The Morgan fingerprint density at radius 3 is 2.75 bits per heavy atom. The first kappa shape index (κ1) is 14.8. The molecule has 2 aromatic rings. The molecule has 2 aromatic heterocycles. The van der Waals surface area contributed by atoms with E-state index in [-0.39, 0.29) is 6.04 Å². The van der Waals surface area contributed by atoms with E-state index in [1.54, 1.807) is 11.3 Å². The van der Waals surface area contributed by atoms with Crippen LogP contribution in [0, 0.1) is 12.8 Å². The van der Waals surface area contributed by atoms with Crippen LogP contribution in [0.1, 0.15) is 37.3 Å². The second-order valence-electron chi connectivity index (χ2n) is 5.14. The monoisotopic (exact) mass is 290 g/mol. The number of hydrogen-bond donors (Lipinski definition) is 2. The summed E-state index contributed by atoms with van der Waals surface area (Å²) >= 11 is 1.78. The van der Waals surface area contributed by atoms with Gasteiger partial charge in [-0.1, -0.05) is 19.9 Å². The van der Waals surface area contributed by atoms with Crippen molar-refractivity contribution < 1.29 is 0 Å². The predicted octanol–water partition coefficient (Wildman–Crippen LogP) is 4.09. The van der Waals surface area contributed by atoms with E-state index >= 15 is 0 Å². The Hall–Kier alpha value is -1.62. The topological polar surface area (TPSA) is 49.8 Å². The summed E-state index contributed by atoms with van der Waals surface area (Å²) in [6, 6.07) is 4.54. The van der Waals surface area contributed by atoms with Crippen molar-refractivity contribution in [2.75, 3.05) is 17.2 Å². The molecule has 20 heavy (non-hydrogen) atoms. The molecule has 0 fully saturated rings. The normalized spacial score (nSPS) is 12.4. The van der Waals surface area contributed by atoms with Gasteiger partial charge in [-0.15, -0.1) is 11.3 Å². The molecule has 4 nitrogen and oxygen atoms in total. The average Bonchev–Trinajstić information content (AvgIpc) is 2.93. The van der Waals surface area contributed by atoms with Crippen LogP contribution in [-0.2, 0) is 0 Å². The van der Waals surface area contributed by atoms with Crippen LogP contribution in [0.4, 0.5) is 11.8 Å². The van der Waals surface area contributed by atoms with Gasteiger partial charge < -0.3 is 10.6 Å². The summed E-state index contributed by atoms with van der Waals surface area (Å²) in [6.45, 7) is 9.34. The summed E-state index contributed by atoms with van der Waals surface area (Å²) in [6.07, 6.45) is 1.86. The first-order chi connectivity index (χ1) is 9.61. The zero-order valence-corrected chi connectivity index (χ0v) is 13.3. The maximum atomic E-state index is 4.57. The minimum atomic E-state index is 0.276. The number of nitrogens with one attached hydrogen (secondary N) is 2. The molecule has 1 unspecified atom stereocenters.